The van der Waals surface area contributed by atoms with Crippen LogP contribution in [0.15, 0.2) is 24.3 Å². The molecule has 0 aromatic heterocycles. The van der Waals surface area contributed by atoms with Crippen molar-refractivity contribution in [2.75, 3.05) is 6.54 Å². The monoisotopic (exact) mass is 319 g/mol. The molecule has 1 aliphatic rings. The molecule has 0 bridgehead atoms. The number of nitrogens with two attached hydrogens (primary N) is 1. The minimum Gasteiger partial charge on any atom is -0.456 e. The molecule has 1 aromatic rings. The molecule has 1 atom stereocenters. The van der Waals surface area contributed by atoms with Crippen LogP contribution in [0.1, 0.15) is 51.9 Å². The van der Waals surface area contributed by atoms with E-state index in [4.69, 9.17) is 19.8 Å². The Labute approximate surface area is 138 Å². The molecule has 1 fully saturated rings. The Bertz CT molecular complexity index is 597. The van der Waals surface area contributed by atoms with Crippen molar-refractivity contribution in [2.45, 2.75) is 58.3 Å². The van der Waals surface area contributed by atoms with E-state index in [-0.39, 0.29) is 5.97 Å². The van der Waals surface area contributed by atoms with Crippen LogP contribution >= 0.6 is 0 Å². The Hall–Kier alpha value is -1.37. The molecule has 0 amide bonds. The van der Waals surface area contributed by atoms with Gasteiger partial charge in [-0.3, -0.25) is 0 Å². The van der Waals surface area contributed by atoms with Crippen molar-refractivity contribution in [3.63, 3.8) is 0 Å². The summed E-state index contributed by atoms with van der Waals surface area (Å²) in [6.45, 7) is 11.6. The van der Waals surface area contributed by atoms with Gasteiger partial charge in [-0.2, -0.15) is 0 Å². The van der Waals surface area contributed by atoms with E-state index in [1.165, 1.54) is 0 Å². The molecule has 1 saturated heterocycles. The number of carbonyl (C=O) groups is 1. The normalized spacial score (nSPS) is 23.9. The van der Waals surface area contributed by atoms with E-state index in [1.807, 2.05) is 53.7 Å². The molecule has 2 rings (SSSR count). The number of hydrogen-bond acceptors (Lipinski definition) is 5. The maximum atomic E-state index is 12.5. The van der Waals surface area contributed by atoms with E-state index in [2.05, 4.69) is 0 Å². The van der Waals surface area contributed by atoms with Crippen LogP contribution in [0.2, 0.25) is 0 Å². The molecule has 2 N–H and O–H groups in total. The first-order valence-electron chi connectivity index (χ1n) is 7.87. The maximum absolute atomic E-state index is 12.5. The van der Waals surface area contributed by atoms with Crippen LogP contribution in [0.4, 0.5) is 0 Å². The molecule has 5 nitrogen and oxygen atoms in total. The van der Waals surface area contributed by atoms with Gasteiger partial charge in [-0.25, -0.2) is 4.79 Å². The predicted octanol–water partition coefficient (Wildman–Crippen LogP) is 1.88. The molecule has 1 heterocycles. The summed E-state index contributed by atoms with van der Waals surface area (Å²) < 4.78 is 17.6. The van der Waals surface area contributed by atoms with Crippen molar-refractivity contribution >= 4 is 18.6 Å². The van der Waals surface area contributed by atoms with Gasteiger partial charge in [0.1, 0.15) is 5.60 Å². The molecular formula is C17H26BNO4. The number of hydrogen-bond donors (Lipinski definition) is 1. The molecule has 0 spiro atoms. The highest BCUT2D eigenvalue weighted by Gasteiger charge is 2.54. The third kappa shape index (κ3) is 3.60. The first-order chi connectivity index (χ1) is 10.5. The summed E-state index contributed by atoms with van der Waals surface area (Å²) in [7, 11) is -0.651. The number of benzene rings is 1. The lowest BCUT2D eigenvalue weighted by Gasteiger charge is -2.35. The molecule has 0 aliphatic carbocycles. The zero-order valence-electron chi connectivity index (χ0n) is 14.8. The zero-order valence-corrected chi connectivity index (χ0v) is 14.8. The van der Waals surface area contributed by atoms with Gasteiger partial charge in [0.05, 0.1) is 16.8 Å². The predicted molar refractivity (Wildman–Crippen MR) is 90.7 cm³/mol. The summed E-state index contributed by atoms with van der Waals surface area (Å²) in [6, 6.07) is 7.19. The zero-order chi connectivity index (χ0) is 17.5. The van der Waals surface area contributed by atoms with E-state index in [0.717, 1.165) is 0 Å². The first-order valence-corrected chi connectivity index (χ1v) is 7.87. The highest BCUT2D eigenvalue weighted by Crippen LogP contribution is 2.36. The summed E-state index contributed by atoms with van der Waals surface area (Å²) in [5, 5.41) is 0. The fourth-order valence-electron chi connectivity index (χ4n) is 2.44. The standard InChI is InChI=1S/C17H26BNO4/c1-15(2,3)21-14(20)12-9-7-8-10-13(12)18-22-16(4,5)17(6,11-19)23-18/h7-10H,11,19H2,1-6H3. The van der Waals surface area contributed by atoms with Crippen LogP contribution in [0.25, 0.3) is 0 Å². The average Bonchev–Trinajstić information content (AvgIpc) is 2.68. The summed E-state index contributed by atoms with van der Waals surface area (Å²) in [4.78, 5) is 12.5. The first kappa shape index (κ1) is 18.0. The maximum Gasteiger partial charge on any atom is 0.495 e. The molecule has 0 radical (unpaired) electrons. The third-order valence-electron chi connectivity index (χ3n) is 4.27. The Morgan fingerprint density at radius 2 is 1.83 bits per heavy atom. The summed E-state index contributed by atoms with van der Waals surface area (Å²) in [6.07, 6.45) is 0. The summed E-state index contributed by atoms with van der Waals surface area (Å²) >= 11 is 0. The SMILES string of the molecule is CC(C)(C)OC(=O)c1ccccc1B1OC(C)(C)C(C)(CN)O1. The van der Waals surface area contributed by atoms with Crippen LogP contribution in [0.3, 0.4) is 0 Å². The Balaban J connectivity index is 2.34. The van der Waals surface area contributed by atoms with E-state index in [1.54, 1.807) is 12.1 Å². The van der Waals surface area contributed by atoms with Gasteiger partial charge in [0.15, 0.2) is 0 Å². The van der Waals surface area contributed by atoms with Crippen LogP contribution in [0.5, 0.6) is 0 Å². The minimum absolute atomic E-state index is 0.325. The van der Waals surface area contributed by atoms with Crippen LogP contribution < -0.4 is 11.2 Å². The van der Waals surface area contributed by atoms with Crippen molar-refractivity contribution in [2.24, 2.45) is 5.73 Å². The number of carbonyl (C=O) groups excluding carboxylic acids is 1. The number of esters is 1. The molecule has 1 aliphatic heterocycles. The van der Waals surface area contributed by atoms with Crippen molar-refractivity contribution in [3.8, 4) is 0 Å². The van der Waals surface area contributed by atoms with Crippen molar-refractivity contribution in [1.82, 2.24) is 0 Å². The Morgan fingerprint density at radius 3 is 2.35 bits per heavy atom. The van der Waals surface area contributed by atoms with Gasteiger partial charge in [0, 0.05) is 6.54 Å². The van der Waals surface area contributed by atoms with Gasteiger partial charge in [0.2, 0.25) is 0 Å². The van der Waals surface area contributed by atoms with Crippen LogP contribution in [-0.4, -0.2) is 36.4 Å². The van der Waals surface area contributed by atoms with Gasteiger partial charge in [-0.1, -0.05) is 18.2 Å². The quantitative estimate of drug-likeness (QED) is 0.680. The van der Waals surface area contributed by atoms with Gasteiger partial charge in [0.25, 0.3) is 0 Å². The van der Waals surface area contributed by atoms with E-state index < -0.39 is 23.9 Å². The van der Waals surface area contributed by atoms with Gasteiger partial charge < -0.3 is 19.8 Å². The second-order valence-corrected chi connectivity index (χ2v) is 7.60. The van der Waals surface area contributed by atoms with E-state index in [0.29, 0.717) is 17.6 Å². The fourth-order valence-corrected chi connectivity index (χ4v) is 2.44. The summed E-state index contributed by atoms with van der Waals surface area (Å²) in [5.74, 6) is -0.389. The van der Waals surface area contributed by atoms with Crippen molar-refractivity contribution in [1.29, 1.82) is 0 Å². The highest BCUT2D eigenvalue weighted by atomic mass is 16.7. The lowest BCUT2D eigenvalue weighted by atomic mass is 9.76. The third-order valence-corrected chi connectivity index (χ3v) is 4.27. The largest absolute Gasteiger partial charge is 0.495 e. The molecule has 0 saturated carbocycles. The lowest BCUT2D eigenvalue weighted by Crippen LogP contribution is -2.50. The second kappa shape index (κ2) is 5.93. The smallest absolute Gasteiger partial charge is 0.456 e. The fraction of sp³-hybridized carbons (Fsp3) is 0.588. The Morgan fingerprint density at radius 1 is 1.22 bits per heavy atom. The molecule has 126 valence electrons. The highest BCUT2D eigenvalue weighted by molar-refractivity contribution is 6.63. The minimum atomic E-state index is -0.651. The molecule has 6 heteroatoms. The van der Waals surface area contributed by atoms with Gasteiger partial charge in [-0.15, -0.1) is 0 Å². The molecule has 1 unspecified atom stereocenters. The van der Waals surface area contributed by atoms with Crippen molar-refractivity contribution < 1.29 is 18.8 Å². The summed E-state index contributed by atoms with van der Waals surface area (Å²) in [5.41, 5.74) is 5.23. The van der Waals surface area contributed by atoms with Crippen LogP contribution in [0, 0.1) is 0 Å². The molecule has 1 aromatic carbocycles. The van der Waals surface area contributed by atoms with Crippen LogP contribution in [-0.2, 0) is 14.0 Å². The van der Waals surface area contributed by atoms with E-state index in [9.17, 15) is 4.79 Å². The van der Waals surface area contributed by atoms with Gasteiger partial charge in [-0.05, 0) is 53.1 Å². The number of rotatable bonds is 3. The molecule has 23 heavy (non-hydrogen) atoms. The second-order valence-electron chi connectivity index (χ2n) is 7.60. The lowest BCUT2D eigenvalue weighted by molar-refractivity contribution is -0.00187. The van der Waals surface area contributed by atoms with Crippen molar-refractivity contribution in [3.05, 3.63) is 29.8 Å². The van der Waals surface area contributed by atoms with Gasteiger partial charge >= 0.3 is 13.1 Å². The van der Waals surface area contributed by atoms with E-state index >= 15 is 0 Å². The topological polar surface area (TPSA) is 70.8 Å². The number of ether oxygens (including phenoxy) is 1. The average molecular weight is 319 g/mol. The Kier molecular flexibility index (Phi) is 4.63. The molecular weight excluding hydrogens is 293 g/mol.